The molecule has 0 unspecified atom stereocenters. The van der Waals surface area contributed by atoms with Gasteiger partial charge in [-0.3, -0.25) is 0 Å². The monoisotopic (exact) mass is 267 g/mol. The third kappa shape index (κ3) is 3.15. The summed E-state index contributed by atoms with van der Waals surface area (Å²) in [6, 6.07) is 0.0745. The summed E-state index contributed by atoms with van der Waals surface area (Å²) in [5, 5.41) is 0. The van der Waals surface area contributed by atoms with Gasteiger partial charge in [-0.05, 0) is 81.3 Å². The molecule has 0 spiro atoms. The Labute approximate surface area is 118 Å². The van der Waals surface area contributed by atoms with E-state index in [4.69, 9.17) is 5.73 Å². The van der Waals surface area contributed by atoms with E-state index in [0.717, 1.165) is 12.0 Å². The molecule has 0 aromatic heterocycles. The van der Waals surface area contributed by atoms with Crippen molar-refractivity contribution in [3.05, 3.63) is 45.5 Å². The van der Waals surface area contributed by atoms with Crippen molar-refractivity contribution in [1.82, 2.24) is 0 Å². The van der Waals surface area contributed by atoms with Gasteiger partial charge in [-0.1, -0.05) is 5.57 Å². The summed E-state index contributed by atoms with van der Waals surface area (Å²) < 4.78 is 0. The summed E-state index contributed by atoms with van der Waals surface area (Å²) in [5.41, 5.74) is 15.6. The van der Waals surface area contributed by atoms with Crippen molar-refractivity contribution < 1.29 is 0 Å². The van der Waals surface area contributed by atoms with Crippen molar-refractivity contribution in [3.63, 3.8) is 0 Å². The Hall–Kier alpha value is -0.790. The van der Waals surface area contributed by atoms with Gasteiger partial charge in [0.15, 0.2) is 0 Å². The van der Waals surface area contributed by atoms with Crippen molar-refractivity contribution >= 4 is 12.4 Å². The Balaban J connectivity index is 0.00000289. The maximum absolute atomic E-state index is 6.32. The molecule has 0 saturated carbocycles. The zero-order chi connectivity index (χ0) is 13.3. The maximum Gasteiger partial charge on any atom is 0.0337 e. The average molecular weight is 268 g/mol. The molecule has 1 rings (SSSR count). The first-order chi connectivity index (χ1) is 7.77. The lowest BCUT2D eigenvalue weighted by molar-refractivity contribution is 0.703. The van der Waals surface area contributed by atoms with E-state index in [0.29, 0.717) is 0 Å². The van der Waals surface area contributed by atoms with E-state index in [-0.39, 0.29) is 18.4 Å². The molecule has 0 saturated heterocycles. The number of hydrogen-bond acceptors (Lipinski definition) is 1. The fraction of sp³-hybridized carbons (Fsp3) is 0.500. The minimum Gasteiger partial charge on any atom is -0.324 e. The zero-order valence-electron chi connectivity index (χ0n) is 12.5. The van der Waals surface area contributed by atoms with Crippen LogP contribution < -0.4 is 5.73 Å². The Morgan fingerprint density at radius 3 is 1.61 bits per heavy atom. The summed E-state index contributed by atoms with van der Waals surface area (Å²) >= 11 is 0. The van der Waals surface area contributed by atoms with Crippen LogP contribution in [0.25, 0.3) is 0 Å². The highest BCUT2D eigenvalue weighted by Crippen LogP contribution is 2.31. The highest BCUT2D eigenvalue weighted by molar-refractivity contribution is 5.85. The van der Waals surface area contributed by atoms with Crippen LogP contribution in [0.15, 0.2) is 12.2 Å². The van der Waals surface area contributed by atoms with Crippen LogP contribution in [0.5, 0.6) is 0 Å². The van der Waals surface area contributed by atoms with Gasteiger partial charge in [0, 0.05) is 6.04 Å². The molecule has 1 atom stereocenters. The second kappa shape index (κ2) is 6.40. The Morgan fingerprint density at radius 2 is 1.28 bits per heavy atom. The molecule has 1 aromatic rings. The molecule has 2 heteroatoms. The van der Waals surface area contributed by atoms with E-state index in [9.17, 15) is 0 Å². The molecule has 2 N–H and O–H groups in total. The van der Waals surface area contributed by atoms with E-state index in [1.54, 1.807) is 0 Å². The molecule has 1 nitrogen and oxygen atoms in total. The summed E-state index contributed by atoms with van der Waals surface area (Å²) in [7, 11) is 0. The van der Waals surface area contributed by atoms with Crippen LogP contribution >= 0.6 is 12.4 Å². The minimum absolute atomic E-state index is 0. The lowest BCUT2D eigenvalue weighted by atomic mass is 9.85. The highest BCUT2D eigenvalue weighted by atomic mass is 35.5. The Morgan fingerprint density at radius 1 is 0.944 bits per heavy atom. The van der Waals surface area contributed by atoms with Crippen LogP contribution in [0, 0.1) is 34.6 Å². The average Bonchev–Trinajstić information content (AvgIpc) is 2.23. The Bertz CT molecular complexity index is 432. The molecule has 0 aliphatic carbocycles. The SMILES string of the molecule is C=C(C)C[C@H](N)c1c(C)c(C)c(C)c(C)c1C.Cl. The number of nitrogens with two attached hydrogens (primary N) is 1. The fourth-order valence-corrected chi connectivity index (χ4v) is 2.56. The van der Waals surface area contributed by atoms with Crippen LogP contribution in [0.1, 0.15) is 52.8 Å². The summed E-state index contributed by atoms with van der Waals surface area (Å²) in [5.74, 6) is 0. The Kier molecular flexibility index (Phi) is 6.12. The van der Waals surface area contributed by atoms with Gasteiger partial charge in [0.25, 0.3) is 0 Å². The molecule has 1 aromatic carbocycles. The normalized spacial score (nSPS) is 11.9. The van der Waals surface area contributed by atoms with Crippen LogP contribution in [0.4, 0.5) is 0 Å². The number of hydrogen-bond donors (Lipinski definition) is 1. The van der Waals surface area contributed by atoms with Crippen LogP contribution in [-0.4, -0.2) is 0 Å². The first-order valence-electron chi connectivity index (χ1n) is 6.24. The standard InChI is InChI=1S/C16H25N.ClH/c1-9(2)8-15(17)16-13(6)11(4)10(3)12(5)14(16)7;/h15H,1,8,17H2,2-7H3;1H/t15-;/m0./s1. The van der Waals surface area contributed by atoms with Gasteiger partial charge in [0.2, 0.25) is 0 Å². The van der Waals surface area contributed by atoms with E-state index in [1.807, 2.05) is 6.92 Å². The van der Waals surface area contributed by atoms with E-state index in [1.165, 1.54) is 33.4 Å². The maximum atomic E-state index is 6.32. The number of halogens is 1. The van der Waals surface area contributed by atoms with Crippen LogP contribution in [0.3, 0.4) is 0 Å². The molecule has 102 valence electrons. The molecule has 0 radical (unpaired) electrons. The molecular formula is C16H26ClN. The van der Waals surface area contributed by atoms with E-state index < -0.39 is 0 Å². The number of rotatable bonds is 3. The quantitative estimate of drug-likeness (QED) is 0.795. The molecular weight excluding hydrogens is 242 g/mol. The van der Waals surface area contributed by atoms with Crippen LogP contribution in [-0.2, 0) is 0 Å². The van der Waals surface area contributed by atoms with Crippen LogP contribution in [0.2, 0.25) is 0 Å². The lowest BCUT2D eigenvalue weighted by Gasteiger charge is -2.23. The predicted octanol–water partition coefficient (Wildman–Crippen LogP) is 4.62. The van der Waals surface area contributed by atoms with Gasteiger partial charge in [-0.25, -0.2) is 0 Å². The third-order valence-electron chi connectivity index (χ3n) is 4.00. The molecule has 0 heterocycles. The predicted molar refractivity (Wildman–Crippen MR) is 83.7 cm³/mol. The van der Waals surface area contributed by atoms with Gasteiger partial charge in [0.1, 0.15) is 0 Å². The van der Waals surface area contributed by atoms with Gasteiger partial charge in [0.05, 0.1) is 0 Å². The first-order valence-corrected chi connectivity index (χ1v) is 6.24. The minimum atomic E-state index is 0. The van der Waals surface area contributed by atoms with Crippen molar-refractivity contribution in [2.24, 2.45) is 5.73 Å². The van der Waals surface area contributed by atoms with Crippen molar-refractivity contribution in [2.45, 2.75) is 54.0 Å². The van der Waals surface area contributed by atoms with Crippen molar-refractivity contribution in [1.29, 1.82) is 0 Å². The molecule has 0 aliphatic rings. The van der Waals surface area contributed by atoms with Gasteiger partial charge in [-0.2, -0.15) is 0 Å². The third-order valence-corrected chi connectivity index (χ3v) is 4.00. The molecule has 0 fully saturated rings. The summed E-state index contributed by atoms with van der Waals surface area (Å²) in [4.78, 5) is 0. The highest BCUT2D eigenvalue weighted by Gasteiger charge is 2.17. The lowest BCUT2D eigenvalue weighted by Crippen LogP contribution is -2.16. The van der Waals surface area contributed by atoms with Gasteiger partial charge >= 0.3 is 0 Å². The molecule has 0 bridgehead atoms. The largest absolute Gasteiger partial charge is 0.324 e. The number of benzene rings is 1. The van der Waals surface area contributed by atoms with E-state index >= 15 is 0 Å². The molecule has 0 aliphatic heterocycles. The van der Waals surface area contributed by atoms with Crippen molar-refractivity contribution in [2.75, 3.05) is 0 Å². The fourth-order valence-electron chi connectivity index (χ4n) is 2.56. The second-order valence-corrected chi connectivity index (χ2v) is 5.31. The summed E-state index contributed by atoms with van der Waals surface area (Å²) in [6.07, 6.45) is 0.865. The van der Waals surface area contributed by atoms with Gasteiger partial charge in [-0.15, -0.1) is 19.0 Å². The smallest absolute Gasteiger partial charge is 0.0337 e. The van der Waals surface area contributed by atoms with E-state index in [2.05, 4.69) is 41.2 Å². The van der Waals surface area contributed by atoms with Gasteiger partial charge < -0.3 is 5.73 Å². The molecule has 0 amide bonds. The van der Waals surface area contributed by atoms with Crippen molar-refractivity contribution in [3.8, 4) is 0 Å². The first kappa shape index (κ1) is 17.2. The second-order valence-electron chi connectivity index (χ2n) is 5.31. The topological polar surface area (TPSA) is 26.0 Å². The zero-order valence-corrected chi connectivity index (χ0v) is 13.3. The molecule has 18 heavy (non-hydrogen) atoms. The summed E-state index contributed by atoms with van der Waals surface area (Å²) in [6.45, 7) is 16.9.